The normalized spacial score (nSPS) is 11.7. The molecule has 0 saturated carbocycles. The molecule has 3 heterocycles. The SMILES string of the molecule is O=S(=O)(Nc1ccccn1)c1ccc(N=Nn2c(=S)c(-c3cnn(-c4ccccc4)c3)nc3ccccc32)cc1. The number of aromatic nitrogens is 5. The Morgan fingerprint density at radius 2 is 1.60 bits per heavy atom. The summed E-state index contributed by atoms with van der Waals surface area (Å²) in [5.41, 5.74) is 3.98. The van der Waals surface area contributed by atoms with Gasteiger partial charge in [-0.05, 0) is 60.7 Å². The van der Waals surface area contributed by atoms with Crippen LogP contribution in [0, 0.1) is 4.64 Å². The molecule has 0 atom stereocenters. The molecule has 40 heavy (non-hydrogen) atoms. The fraction of sp³-hybridized carbons (Fsp3) is 0. The minimum Gasteiger partial charge on any atom is -0.263 e. The molecule has 12 heteroatoms. The Kier molecular flexibility index (Phi) is 6.68. The van der Waals surface area contributed by atoms with Crippen molar-refractivity contribution in [1.82, 2.24) is 24.4 Å². The standard InChI is InChI=1S/C28H20N8O2S2/c37-40(38,33-26-12-6-7-17-29-26)23-15-13-21(14-16-23)32-34-36-25-11-5-4-10-24(25)31-27(28(36)39)20-18-30-35(19-20)22-8-2-1-3-9-22/h1-19H,(H,29,33). The fourth-order valence-electron chi connectivity index (χ4n) is 3.97. The van der Waals surface area contributed by atoms with Crippen molar-refractivity contribution in [2.45, 2.75) is 4.90 Å². The molecule has 3 aromatic carbocycles. The van der Waals surface area contributed by atoms with Gasteiger partial charge in [-0.15, -0.1) is 5.11 Å². The molecule has 0 aliphatic heterocycles. The van der Waals surface area contributed by atoms with Crippen LogP contribution in [0.15, 0.2) is 131 Å². The maximum atomic E-state index is 12.7. The average molecular weight is 565 g/mol. The zero-order valence-corrected chi connectivity index (χ0v) is 22.4. The number of anilines is 1. The second-order valence-electron chi connectivity index (χ2n) is 8.58. The second-order valence-corrected chi connectivity index (χ2v) is 10.6. The van der Waals surface area contributed by atoms with E-state index in [9.17, 15) is 8.42 Å². The number of benzene rings is 3. The number of hydrogen-bond donors (Lipinski definition) is 1. The third-order valence-corrected chi connectivity index (χ3v) is 7.65. The maximum Gasteiger partial charge on any atom is 0.263 e. The highest BCUT2D eigenvalue weighted by molar-refractivity contribution is 7.92. The number of para-hydroxylation sites is 3. The second kappa shape index (κ2) is 10.6. The van der Waals surface area contributed by atoms with Gasteiger partial charge in [0.25, 0.3) is 10.0 Å². The van der Waals surface area contributed by atoms with Crippen LogP contribution < -0.4 is 4.72 Å². The zero-order valence-electron chi connectivity index (χ0n) is 20.7. The molecule has 196 valence electrons. The molecular weight excluding hydrogens is 544 g/mol. The molecule has 0 saturated heterocycles. The molecule has 3 aromatic heterocycles. The molecule has 0 spiro atoms. The van der Waals surface area contributed by atoms with Crippen LogP contribution in [0.4, 0.5) is 11.5 Å². The minimum atomic E-state index is -3.81. The van der Waals surface area contributed by atoms with Crippen LogP contribution in [0.1, 0.15) is 0 Å². The first-order chi connectivity index (χ1) is 19.5. The maximum absolute atomic E-state index is 12.7. The van der Waals surface area contributed by atoms with Gasteiger partial charge in [-0.1, -0.05) is 53.8 Å². The number of nitrogens with zero attached hydrogens (tertiary/aromatic N) is 7. The minimum absolute atomic E-state index is 0.0702. The van der Waals surface area contributed by atoms with Crippen LogP contribution in [0.3, 0.4) is 0 Å². The third-order valence-electron chi connectivity index (χ3n) is 5.91. The Morgan fingerprint density at radius 1 is 0.850 bits per heavy atom. The van der Waals surface area contributed by atoms with Gasteiger partial charge >= 0.3 is 0 Å². The highest BCUT2D eigenvalue weighted by Gasteiger charge is 2.15. The number of nitrogens with one attached hydrogen (secondary N) is 1. The van der Waals surface area contributed by atoms with Crippen LogP contribution >= 0.6 is 12.2 Å². The first-order valence-corrected chi connectivity index (χ1v) is 14.0. The van der Waals surface area contributed by atoms with E-state index in [4.69, 9.17) is 17.2 Å². The molecule has 0 fully saturated rings. The summed E-state index contributed by atoms with van der Waals surface area (Å²) in [4.78, 5) is 8.85. The van der Waals surface area contributed by atoms with Gasteiger partial charge in [-0.3, -0.25) is 4.72 Å². The number of rotatable bonds is 7. The van der Waals surface area contributed by atoms with Crippen molar-refractivity contribution >= 4 is 44.8 Å². The summed E-state index contributed by atoms with van der Waals surface area (Å²) in [5, 5.41) is 13.2. The number of hydrogen-bond acceptors (Lipinski definition) is 8. The topological polar surface area (TPSA) is 119 Å². The molecule has 0 aliphatic carbocycles. The third kappa shape index (κ3) is 5.13. The van der Waals surface area contributed by atoms with E-state index in [1.54, 1.807) is 45.9 Å². The van der Waals surface area contributed by atoms with Gasteiger partial charge in [-0.25, -0.2) is 23.1 Å². The summed E-state index contributed by atoms with van der Waals surface area (Å²) in [6.45, 7) is 0. The fourth-order valence-corrected chi connectivity index (χ4v) is 5.27. The van der Waals surface area contributed by atoms with Crippen molar-refractivity contribution in [3.8, 4) is 16.9 Å². The lowest BCUT2D eigenvalue weighted by Crippen LogP contribution is -2.13. The van der Waals surface area contributed by atoms with Crippen LogP contribution in [0.2, 0.25) is 0 Å². The van der Waals surface area contributed by atoms with Gasteiger partial charge in [0.15, 0.2) is 4.64 Å². The highest BCUT2D eigenvalue weighted by atomic mass is 32.2. The summed E-state index contributed by atoms with van der Waals surface area (Å²) in [6, 6.07) is 28.2. The van der Waals surface area contributed by atoms with Crippen molar-refractivity contribution in [2.24, 2.45) is 10.3 Å². The molecule has 0 aliphatic rings. The van der Waals surface area contributed by atoms with E-state index in [-0.39, 0.29) is 10.7 Å². The van der Waals surface area contributed by atoms with E-state index in [0.29, 0.717) is 27.1 Å². The van der Waals surface area contributed by atoms with Crippen LogP contribution in [0.25, 0.3) is 28.0 Å². The highest BCUT2D eigenvalue weighted by Crippen LogP contribution is 2.25. The van der Waals surface area contributed by atoms with Crippen LogP contribution in [-0.2, 0) is 10.0 Å². The van der Waals surface area contributed by atoms with Crippen molar-refractivity contribution in [2.75, 3.05) is 4.72 Å². The average Bonchev–Trinajstić information content (AvgIpc) is 3.48. The summed E-state index contributed by atoms with van der Waals surface area (Å²) < 4.78 is 31.5. The first kappa shape index (κ1) is 25.2. The number of sulfonamides is 1. The van der Waals surface area contributed by atoms with E-state index in [0.717, 1.165) is 11.3 Å². The van der Waals surface area contributed by atoms with Gasteiger partial charge in [-0.2, -0.15) is 9.77 Å². The smallest absolute Gasteiger partial charge is 0.263 e. The Morgan fingerprint density at radius 3 is 2.38 bits per heavy atom. The molecule has 10 nitrogen and oxygen atoms in total. The first-order valence-electron chi connectivity index (χ1n) is 12.1. The number of fused-ring (bicyclic) bond motifs is 1. The van der Waals surface area contributed by atoms with Crippen LogP contribution in [0.5, 0.6) is 0 Å². The molecule has 1 N–H and O–H groups in total. The Balaban J connectivity index is 1.33. The van der Waals surface area contributed by atoms with Gasteiger partial charge in [0.05, 0.1) is 33.5 Å². The number of pyridine rings is 1. The van der Waals surface area contributed by atoms with E-state index >= 15 is 0 Å². The Bertz CT molecular complexity index is 2010. The lowest BCUT2D eigenvalue weighted by atomic mass is 10.2. The molecule has 0 unspecified atom stereocenters. The van der Waals surface area contributed by atoms with Gasteiger partial charge < -0.3 is 0 Å². The molecule has 6 aromatic rings. The lowest BCUT2D eigenvalue weighted by molar-refractivity contribution is 0.601. The predicted octanol–water partition coefficient (Wildman–Crippen LogP) is 6.36. The summed E-state index contributed by atoms with van der Waals surface area (Å²) >= 11 is 5.79. The Labute approximate surface area is 234 Å². The molecule has 6 rings (SSSR count). The lowest BCUT2D eigenvalue weighted by Gasteiger charge is -2.08. The van der Waals surface area contributed by atoms with Crippen molar-refractivity contribution in [3.05, 3.63) is 120 Å². The van der Waals surface area contributed by atoms with Gasteiger partial charge in [0.1, 0.15) is 11.5 Å². The van der Waals surface area contributed by atoms with Crippen molar-refractivity contribution < 1.29 is 8.42 Å². The zero-order chi connectivity index (χ0) is 27.5. The molecule has 0 radical (unpaired) electrons. The van der Waals surface area contributed by atoms with Crippen LogP contribution in [-0.4, -0.2) is 32.8 Å². The van der Waals surface area contributed by atoms with E-state index in [1.165, 1.54) is 18.3 Å². The monoisotopic (exact) mass is 564 g/mol. The largest absolute Gasteiger partial charge is 0.263 e. The predicted molar refractivity (Wildman–Crippen MR) is 155 cm³/mol. The summed E-state index contributed by atoms with van der Waals surface area (Å²) in [7, 11) is -3.81. The van der Waals surface area contributed by atoms with Gasteiger partial charge in [0.2, 0.25) is 0 Å². The summed E-state index contributed by atoms with van der Waals surface area (Å²) in [6.07, 6.45) is 5.08. The Hall–Kier alpha value is -5.07. The van der Waals surface area contributed by atoms with E-state index in [2.05, 4.69) is 25.1 Å². The summed E-state index contributed by atoms with van der Waals surface area (Å²) in [5.74, 6) is 0.232. The quantitative estimate of drug-likeness (QED) is 0.178. The van der Waals surface area contributed by atoms with Crippen molar-refractivity contribution in [3.63, 3.8) is 0 Å². The van der Waals surface area contributed by atoms with Crippen molar-refractivity contribution in [1.29, 1.82) is 0 Å². The van der Waals surface area contributed by atoms with E-state index < -0.39 is 10.0 Å². The van der Waals surface area contributed by atoms with E-state index in [1.807, 2.05) is 60.8 Å². The molecular formula is C28H20N8O2S2. The van der Waals surface area contributed by atoms with Gasteiger partial charge in [0, 0.05) is 18.0 Å². The molecule has 0 bridgehead atoms. The molecule has 0 amide bonds.